The normalized spacial score (nSPS) is 48.1. The predicted octanol–water partition coefficient (Wildman–Crippen LogP) is 7.44. The Kier molecular flexibility index (Phi) is 5.15. The van der Waals surface area contributed by atoms with E-state index in [0.29, 0.717) is 34.4 Å². The number of carbonyl (C=O) groups excluding carboxylic acids is 1. The van der Waals surface area contributed by atoms with Crippen LogP contribution in [0.15, 0.2) is 11.6 Å². The Balaban J connectivity index is 1.44. The first kappa shape index (κ1) is 23.6. The molecule has 0 saturated heterocycles. The molecule has 0 heterocycles. The Hall–Kier alpha value is -1.12. The molecule has 8 atom stereocenters. The summed E-state index contributed by atoms with van der Waals surface area (Å²) in [5.74, 6) is 1.25. The molecular weight excluding hydrogens is 408 g/mol. The van der Waals surface area contributed by atoms with E-state index in [9.17, 15) is 14.7 Å². The van der Waals surface area contributed by atoms with Crippen LogP contribution in [0, 0.1) is 50.7 Å². The van der Waals surface area contributed by atoms with Crippen LogP contribution in [0.3, 0.4) is 0 Å². The van der Waals surface area contributed by atoms with Gasteiger partial charge in [0.2, 0.25) is 0 Å². The minimum absolute atomic E-state index is 0.119. The van der Waals surface area contributed by atoms with Gasteiger partial charge in [-0.25, -0.2) is 0 Å². The van der Waals surface area contributed by atoms with E-state index in [1.807, 2.05) is 0 Å². The number of hydrogen-bond donors (Lipinski definition) is 1. The lowest BCUT2D eigenvalue weighted by atomic mass is 9.42. The summed E-state index contributed by atoms with van der Waals surface area (Å²) in [6, 6.07) is 0. The summed E-state index contributed by atoms with van der Waals surface area (Å²) < 4.78 is 0. The Labute approximate surface area is 201 Å². The molecule has 3 nitrogen and oxygen atoms in total. The molecule has 0 radical (unpaired) electrons. The van der Waals surface area contributed by atoms with Crippen LogP contribution in [0.1, 0.15) is 112 Å². The van der Waals surface area contributed by atoms with Crippen LogP contribution in [-0.2, 0) is 9.59 Å². The molecule has 184 valence electrons. The molecule has 5 saturated carbocycles. The summed E-state index contributed by atoms with van der Waals surface area (Å²) in [7, 11) is 0. The molecule has 5 rings (SSSR count). The Morgan fingerprint density at radius 3 is 2.30 bits per heavy atom. The van der Waals surface area contributed by atoms with Crippen LogP contribution in [0.25, 0.3) is 0 Å². The number of hydrogen-bond acceptors (Lipinski definition) is 2. The van der Waals surface area contributed by atoms with Crippen molar-refractivity contribution >= 4 is 11.8 Å². The Bertz CT molecular complexity index is 896. The lowest BCUT2D eigenvalue weighted by molar-refractivity contribution is -0.162. The van der Waals surface area contributed by atoms with Gasteiger partial charge in [-0.2, -0.15) is 0 Å². The van der Waals surface area contributed by atoms with Gasteiger partial charge >= 0.3 is 5.97 Å². The fraction of sp³-hybridized carbons (Fsp3) is 0.867. The highest BCUT2D eigenvalue weighted by molar-refractivity contribution is 5.86. The highest BCUT2D eigenvalue weighted by atomic mass is 16.4. The maximum atomic E-state index is 12.8. The second-order valence-electron chi connectivity index (χ2n) is 14.1. The third-order valence-corrected chi connectivity index (χ3v) is 12.8. The van der Waals surface area contributed by atoms with Gasteiger partial charge in [0.05, 0.1) is 5.92 Å². The number of Topliss-reactive ketones (excluding diaryl/α,β-unsaturated/α-hetero) is 1. The standard InChI is InChI=1S/C30H46O3/c1-19(2)8-7-9-20(25(32)33)21-12-14-28(6)23-11-10-22-26(3,4)24(31)13-15-29(22)18-30(23,29)17-16-27(21,28)5/h8,20-23H,7,9-18H2,1-6H3,(H,32,33). The van der Waals surface area contributed by atoms with Crippen molar-refractivity contribution in [1.29, 1.82) is 0 Å². The van der Waals surface area contributed by atoms with Crippen LogP contribution in [0.4, 0.5) is 0 Å². The monoisotopic (exact) mass is 454 g/mol. The van der Waals surface area contributed by atoms with Crippen molar-refractivity contribution in [2.75, 3.05) is 0 Å². The topological polar surface area (TPSA) is 54.4 Å². The molecule has 5 fully saturated rings. The number of carbonyl (C=O) groups is 2. The molecule has 1 N–H and O–H groups in total. The van der Waals surface area contributed by atoms with E-state index in [2.05, 4.69) is 47.6 Å². The molecule has 5 aliphatic rings. The van der Waals surface area contributed by atoms with Crippen molar-refractivity contribution in [3.8, 4) is 0 Å². The molecular formula is C30H46O3. The summed E-state index contributed by atoms with van der Waals surface area (Å²) in [6.45, 7) is 13.7. The van der Waals surface area contributed by atoms with Crippen molar-refractivity contribution in [2.45, 2.75) is 112 Å². The van der Waals surface area contributed by atoms with E-state index >= 15 is 0 Å². The van der Waals surface area contributed by atoms with E-state index in [0.717, 1.165) is 32.1 Å². The number of carboxylic acid groups (broad SMARTS) is 1. The molecule has 0 aromatic carbocycles. The van der Waals surface area contributed by atoms with Gasteiger partial charge in [-0.05, 0) is 117 Å². The zero-order valence-corrected chi connectivity index (χ0v) is 21.9. The fourth-order valence-electron chi connectivity index (χ4n) is 10.9. The average Bonchev–Trinajstić information content (AvgIpc) is 3.32. The highest BCUT2D eigenvalue weighted by Gasteiger charge is 2.82. The third kappa shape index (κ3) is 2.86. The molecule has 0 amide bonds. The average molecular weight is 455 g/mol. The second kappa shape index (κ2) is 7.20. The van der Waals surface area contributed by atoms with E-state index in [1.54, 1.807) is 0 Å². The number of rotatable bonds is 5. The first-order valence-electron chi connectivity index (χ1n) is 13.8. The highest BCUT2D eigenvalue weighted by Crippen LogP contribution is 2.88. The number of allylic oxidation sites excluding steroid dienone is 2. The maximum absolute atomic E-state index is 12.8. The first-order chi connectivity index (χ1) is 15.4. The van der Waals surface area contributed by atoms with Crippen LogP contribution in [-0.4, -0.2) is 16.9 Å². The molecule has 33 heavy (non-hydrogen) atoms. The summed E-state index contributed by atoms with van der Waals surface area (Å²) in [6.07, 6.45) is 14.3. The van der Waals surface area contributed by atoms with Gasteiger partial charge in [0.25, 0.3) is 0 Å². The molecule has 0 bridgehead atoms. The van der Waals surface area contributed by atoms with Gasteiger partial charge in [0, 0.05) is 11.8 Å². The van der Waals surface area contributed by atoms with Crippen molar-refractivity contribution in [3.63, 3.8) is 0 Å². The van der Waals surface area contributed by atoms with E-state index in [-0.39, 0.29) is 22.2 Å². The molecule has 8 unspecified atom stereocenters. The van der Waals surface area contributed by atoms with Gasteiger partial charge in [-0.1, -0.05) is 39.3 Å². The lowest BCUT2D eigenvalue weighted by Crippen LogP contribution is -2.57. The third-order valence-electron chi connectivity index (χ3n) is 12.8. The number of carboxylic acids is 1. The van der Waals surface area contributed by atoms with E-state index < -0.39 is 5.97 Å². The maximum Gasteiger partial charge on any atom is 0.306 e. The first-order valence-corrected chi connectivity index (χ1v) is 13.8. The quantitative estimate of drug-likeness (QED) is 0.439. The zero-order chi connectivity index (χ0) is 24.0. The smallest absolute Gasteiger partial charge is 0.306 e. The summed E-state index contributed by atoms with van der Waals surface area (Å²) in [5, 5.41) is 10.3. The van der Waals surface area contributed by atoms with Gasteiger partial charge in [-0.3, -0.25) is 9.59 Å². The minimum Gasteiger partial charge on any atom is -0.481 e. The van der Waals surface area contributed by atoms with E-state index in [1.165, 1.54) is 44.1 Å². The molecule has 0 aromatic rings. The molecule has 3 heteroatoms. The number of aliphatic carboxylic acids is 1. The van der Waals surface area contributed by atoms with Crippen LogP contribution in [0.5, 0.6) is 0 Å². The number of fused-ring (bicyclic) bond motifs is 2. The van der Waals surface area contributed by atoms with E-state index in [4.69, 9.17) is 0 Å². The molecule has 5 aliphatic carbocycles. The fourth-order valence-corrected chi connectivity index (χ4v) is 10.9. The lowest BCUT2D eigenvalue weighted by Gasteiger charge is -2.62. The van der Waals surface area contributed by atoms with Crippen LogP contribution >= 0.6 is 0 Å². The largest absolute Gasteiger partial charge is 0.481 e. The van der Waals surface area contributed by atoms with Crippen molar-refractivity contribution < 1.29 is 14.7 Å². The van der Waals surface area contributed by atoms with Gasteiger partial charge < -0.3 is 5.11 Å². The number of ketones is 1. The predicted molar refractivity (Wildman–Crippen MR) is 132 cm³/mol. The van der Waals surface area contributed by atoms with Crippen molar-refractivity contribution in [2.24, 2.45) is 50.7 Å². The Morgan fingerprint density at radius 1 is 0.970 bits per heavy atom. The SMILES string of the molecule is CC(C)=CCCC(C(=O)O)C1CCC2(C)C3CCC4C(C)(C)C(=O)CCC45CC35CCC12C. The molecule has 0 aliphatic heterocycles. The van der Waals surface area contributed by atoms with Gasteiger partial charge in [0.1, 0.15) is 5.78 Å². The Morgan fingerprint density at radius 2 is 1.64 bits per heavy atom. The van der Waals surface area contributed by atoms with Crippen LogP contribution in [0.2, 0.25) is 0 Å². The van der Waals surface area contributed by atoms with Crippen LogP contribution < -0.4 is 0 Å². The van der Waals surface area contributed by atoms with Gasteiger partial charge in [-0.15, -0.1) is 0 Å². The van der Waals surface area contributed by atoms with Crippen molar-refractivity contribution in [1.82, 2.24) is 0 Å². The second-order valence-corrected chi connectivity index (χ2v) is 14.1. The minimum atomic E-state index is -0.577. The summed E-state index contributed by atoms with van der Waals surface area (Å²) >= 11 is 0. The van der Waals surface area contributed by atoms with Crippen molar-refractivity contribution in [3.05, 3.63) is 11.6 Å². The zero-order valence-electron chi connectivity index (χ0n) is 21.9. The molecule has 2 spiro atoms. The molecule has 0 aromatic heterocycles. The summed E-state index contributed by atoms with van der Waals surface area (Å²) in [5.41, 5.74) is 2.30. The van der Waals surface area contributed by atoms with Gasteiger partial charge in [0.15, 0.2) is 0 Å². The summed E-state index contributed by atoms with van der Waals surface area (Å²) in [4.78, 5) is 25.3.